The number of nitrogens with two attached hydrogens (primary N) is 1. The lowest BCUT2D eigenvalue weighted by atomic mass is 9.99. The second-order valence-electron chi connectivity index (χ2n) is 4.16. The van der Waals surface area contributed by atoms with Crippen LogP contribution in [0.15, 0.2) is 18.2 Å². The molecule has 0 heterocycles. The summed E-state index contributed by atoms with van der Waals surface area (Å²) in [5, 5.41) is 1.15. The Morgan fingerprint density at radius 2 is 2.06 bits per heavy atom. The molecule has 0 spiro atoms. The van der Waals surface area contributed by atoms with Gasteiger partial charge in [0.05, 0.1) is 0 Å². The molecule has 1 atom stereocenters. The van der Waals surface area contributed by atoms with Gasteiger partial charge in [-0.15, -0.1) is 0 Å². The molecule has 0 aliphatic rings. The van der Waals surface area contributed by atoms with Crippen molar-refractivity contribution in [2.75, 3.05) is 0 Å². The van der Waals surface area contributed by atoms with Gasteiger partial charge < -0.3 is 10.5 Å². The van der Waals surface area contributed by atoms with Crippen molar-refractivity contribution in [3.05, 3.63) is 33.8 Å². The van der Waals surface area contributed by atoms with Crippen LogP contribution < -0.4 is 5.73 Å². The Balaban J connectivity index is 2.82. The molecular formula is C12H15Cl2NO2. The average Bonchev–Trinajstić information content (AvgIpc) is 2.19. The molecule has 1 aromatic rings. The largest absolute Gasteiger partial charge is 0.446 e. The summed E-state index contributed by atoms with van der Waals surface area (Å²) < 4.78 is 5.05. The Kier molecular flexibility index (Phi) is 5.09. The lowest BCUT2D eigenvalue weighted by Crippen LogP contribution is -2.29. The molecule has 1 aromatic carbocycles. The molecular weight excluding hydrogens is 261 g/mol. The normalized spacial score (nSPS) is 12.5. The monoisotopic (exact) mass is 275 g/mol. The second kappa shape index (κ2) is 6.12. The number of halogens is 2. The minimum absolute atomic E-state index is 0.161. The molecule has 1 rings (SSSR count). The van der Waals surface area contributed by atoms with Crippen molar-refractivity contribution < 1.29 is 9.53 Å². The van der Waals surface area contributed by atoms with Crippen LogP contribution in [0.4, 0.5) is 4.79 Å². The van der Waals surface area contributed by atoms with Gasteiger partial charge in [0.15, 0.2) is 0 Å². The number of benzene rings is 1. The molecule has 2 N–H and O–H groups in total. The van der Waals surface area contributed by atoms with E-state index in [0.717, 1.165) is 5.56 Å². The van der Waals surface area contributed by atoms with Gasteiger partial charge in [0.2, 0.25) is 0 Å². The van der Waals surface area contributed by atoms with E-state index in [4.69, 9.17) is 33.7 Å². The Morgan fingerprint density at radius 1 is 1.41 bits per heavy atom. The van der Waals surface area contributed by atoms with Crippen LogP contribution in [0.2, 0.25) is 10.0 Å². The van der Waals surface area contributed by atoms with Crippen LogP contribution >= 0.6 is 23.2 Å². The van der Waals surface area contributed by atoms with Crippen molar-refractivity contribution in [2.24, 2.45) is 11.7 Å². The van der Waals surface area contributed by atoms with Gasteiger partial charge in [0.25, 0.3) is 0 Å². The van der Waals surface area contributed by atoms with E-state index in [1.54, 1.807) is 12.1 Å². The summed E-state index contributed by atoms with van der Waals surface area (Å²) >= 11 is 11.9. The van der Waals surface area contributed by atoms with Crippen molar-refractivity contribution in [1.82, 2.24) is 0 Å². The summed E-state index contributed by atoms with van der Waals surface area (Å²) in [6.45, 7) is 3.91. The molecule has 0 saturated heterocycles. The summed E-state index contributed by atoms with van der Waals surface area (Å²) in [5.41, 5.74) is 5.92. The summed E-state index contributed by atoms with van der Waals surface area (Å²) in [7, 11) is 0. The molecule has 1 amide bonds. The first kappa shape index (κ1) is 14.1. The van der Waals surface area contributed by atoms with Crippen molar-refractivity contribution in [1.29, 1.82) is 0 Å². The number of carbonyl (C=O) groups is 1. The molecule has 0 aliphatic heterocycles. The molecule has 0 aromatic heterocycles. The van der Waals surface area contributed by atoms with Gasteiger partial charge >= 0.3 is 6.09 Å². The highest BCUT2D eigenvalue weighted by molar-refractivity contribution is 6.35. The highest BCUT2D eigenvalue weighted by Crippen LogP contribution is 2.24. The fourth-order valence-corrected chi connectivity index (χ4v) is 1.95. The van der Waals surface area contributed by atoms with E-state index >= 15 is 0 Å². The Bertz CT molecular complexity index is 407. The van der Waals surface area contributed by atoms with Crippen LogP contribution in [0, 0.1) is 5.92 Å². The van der Waals surface area contributed by atoms with Crippen LogP contribution in [-0.4, -0.2) is 12.2 Å². The molecule has 0 unspecified atom stereocenters. The topological polar surface area (TPSA) is 52.3 Å². The predicted octanol–water partition coefficient (Wildman–Crippen LogP) is 3.66. The number of amides is 1. The molecule has 5 heteroatoms. The standard InChI is InChI=1S/C12H15Cl2NO2/c1-7(2)11(17-12(15)16)5-8-3-4-9(13)6-10(8)14/h3-4,6-7,11H,5H2,1-2H3,(H2,15,16)/t11-/m1/s1. The molecule has 0 radical (unpaired) electrons. The van der Waals surface area contributed by atoms with Gasteiger partial charge in [-0.05, 0) is 23.6 Å². The molecule has 3 nitrogen and oxygen atoms in total. The van der Waals surface area contributed by atoms with Crippen LogP contribution in [0.1, 0.15) is 19.4 Å². The van der Waals surface area contributed by atoms with E-state index < -0.39 is 6.09 Å². The SMILES string of the molecule is CC(C)[C@@H](Cc1ccc(Cl)cc1Cl)OC(N)=O. The molecule has 0 aliphatic carbocycles. The Hall–Kier alpha value is -0.930. The van der Waals surface area contributed by atoms with E-state index in [1.165, 1.54) is 0 Å². The highest BCUT2D eigenvalue weighted by atomic mass is 35.5. The van der Waals surface area contributed by atoms with Crippen molar-refractivity contribution >= 4 is 29.3 Å². The maximum Gasteiger partial charge on any atom is 0.404 e. The van der Waals surface area contributed by atoms with Crippen molar-refractivity contribution in [3.63, 3.8) is 0 Å². The smallest absolute Gasteiger partial charge is 0.404 e. The van der Waals surface area contributed by atoms with Gasteiger partial charge in [0.1, 0.15) is 6.10 Å². The van der Waals surface area contributed by atoms with Gasteiger partial charge in [-0.1, -0.05) is 43.1 Å². The zero-order valence-corrected chi connectivity index (χ0v) is 11.3. The van der Waals surface area contributed by atoms with Gasteiger partial charge in [-0.2, -0.15) is 0 Å². The Morgan fingerprint density at radius 3 is 2.53 bits per heavy atom. The number of hydrogen-bond acceptors (Lipinski definition) is 2. The third-order valence-electron chi connectivity index (χ3n) is 2.45. The maximum atomic E-state index is 10.8. The summed E-state index contributed by atoms with van der Waals surface area (Å²) in [4.78, 5) is 10.8. The van der Waals surface area contributed by atoms with E-state index in [-0.39, 0.29) is 12.0 Å². The molecule has 94 valence electrons. The number of carbonyl (C=O) groups excluding carboxylic acids is 1. The van der Waals surface area contributed by atoms with E-state index in [2.05, 4.69) is 0 Å². The summed E-state index contributed by atoms with van der Waals surface area (Å²) in [6, 6.07) is 5.24. The van der Waals surface area contributed by atoms with Crippen LogP contribution in [0.25, 0.3) is 0 Å². The highest BCUT2D eigenvalue weighted by Gasteiger charge is 2.18. The summed E-state index contributed by atoms with van der Waals surface area (Å²) in [5.74, 6) is 0.161. The molecule has 17 heavy (non-hydrogen) atoms. The van der Waals surface area contributed by atoms with Crippen LogP contribution in [0.3, 0.4) is 0 Å². The van der Waals surface area contributed by atoms with Gasteiger partial charge in [-0.3, -0.25) is 0 Å². The minimum atomic E-state index is -0.770. The number of rotatable bonds is 4. The van der Waals surface area contributed by atoms with Crippen LogP contribution in [0.5, 0.6) is 0 Å². The number of primary amides is 1. The van der Waals surface area contributed by atoms with Crippen LogP contribution in [-0.2, 0) is 11.2 Å². The van der Waals surface area contributed by atoms with Crippen molar-refractivity contribution in [2.45, 2.75) is 26.4 Å². The third-order valence-corrected chi connectivity index (χ3v) is 3.03. The second-order valence-corrected chi connectivity index (χ2v) is 5.00. The first-order valence-corrected chi connectivity index (χ1v) is 6.05. The first-order valence-electron chi connectivity index (χ1n) is 5.30. The average molecular weight is 276 g/mol. The summed E-state index contributed by atoms with van der Waals surface area (Å²) in [6.07, 6.45) is -0.531. The van der Waals surface area contributed by atoms with E-state index in [1.807, 2.05) is 19.9 Å². The first-order chi connectivity index (χ1) is 7.90. The molecule has 0 fully saturated rings. The van der Waals surface area contributed by atoms with Crippen molar-refractivity contribution in [3.8, 4) is 0 Å². The predicted molar refractivity (Wildman–Crippen MR) is 69.5 cm³/mol. The maximum absolute atomic E-state index is 10.8. The number of hydrogen-bond donors (Lipinski definition) is 1. The van der Waals surface area contributed by atoms with E-state index in [9.17, 15) is 4.79 Å². The van der Waals surface area contributed by atoms with Gasteiger partial charge in [-0.25, -0.2) is 4.79 Å². The zero-order valence-electron chi connectivity index (χ0n) is 9.74. The zero-order chi connectivity index (χ0) is 13.0. The lowest BCUT2D eigenvalue weighted by Gasteiger charge is -2.20. The third kappa shape index (κ3) is 4.44. The minimum Gasteiger partial charge on any atom is -0.446 e. The fourth-order valence-electron chi connectivity index (χ4n) is 1.47. The van der Waals surface area contributed by atoms with Gasteiger partial charge in [0, 0.05) is 16.5 Å². The Labute approximate surface area is 111 Å². The fraction of sp³-hybridized carbons (Fsp3) is 0.417. The molecule has 0 bridgehead atoms. The number of ether oxygens (including phenoxy) is 1. The van der Waals surface area contributed by atoms with E-state index in [0.29, 0.717) is 16.5 Å². The molecule has 0 saturated carbocycles. The lowest BCUT2D eigenvalue weighted by molar-refractivity contribution is 0.0788. The quantitative estimate of drug-likeness (QED) is 0.912.